The second-order valence-electron chi connectivity index (χ2n) is 6.04. The lowest BCUT2D eigenvalue weighted by atomic mass is 9.85. The summed E-state index contributed by atoms with van der Waals surface area (Å²) >= 11 is 5.91. The summed E-state index contributed by atoms with van der Waals surface area (Å²) in [6.07, 6.45) is 0. The second-order valence-corrected chi connectivity index (χ2v) is 6.44. The van der Waals surface area contributed by atoms with Gasteiger partial charge in [-0.2, -0.15) is 0 Å². The molecular weight excluding hydrogens is 360 g/mol. The molecule has 0 aliphatic rings. The Hall–Kier alpha value is -2.93. The Morgan fingerprint density at radius 2 is 1.85 bits per heavy atom. The second kappa shape index (κ2) is 7.97. The van der Waals surface area contributed by atoms with E-state index in [0.717, 1.165) is 11.6 Å². The maximum Gasteiger partial charge on any atom is 0.316 e. The third-order valence-electron chi connectivity index (χ3n) is 3.78. The number of halogens is 1. The van der Waals surface area contributed by atoms with Crippen molar-refractivity contribution in [3.63, 3.8) is 0 Å². The Kier molecular flexibility index (Phi) is 5.94. The molecule has 26 heavy (non-hydrogen) atoms. The molecule has 0 radical (unpaired) electrons. The summed E-state index contributed by atoms with van der Waals surface area (Å²) in [5.74, 6) is -1.15. The first-order valence-electron chi connectivity index (χ1n) is 7.68. The van der Waals surface area contributed by atoms with Crippen LogP contribution in [0.25, 0.3) is 0 Å². The Bertz CT molecular complexity index is 837. The molecule has 2 rings (SSSR count). The highest BCUT2D eigenvalue weighted by atomic mass is 35.5. The van der Waals surface area contributed by atoms with Crippen molar-refractivity contribution < 1.29 is 19.2 Å². The minimum absolute atomic E-state index is 0.0171. The molecule has 8 heteroatoms. The normalized spacial score (nSPS) is 10.9. The van der Waals surface area contributed by atoms with Gasteiger partial charge in [0, 0.05) is 12.1 Å². The molecule has 0 spiro atoms. The van der Waals surface area contributed by atoms with E-state index in [-0.39, 0.29) is 16.4 Å². The largest absolute Gasteiger partial charge is 0.455 e. The molecule has 2 aromatic carbocycles. The zero-order valence-electron chi connectivity index (χ0n) is 14.2. The number of carbonyl (C=O) groups excluding carboxylic acids is 2. The number of nitro groups is 1. The van der Waals surface area contributed by atoms with Crippen LogP contribution in [0.3, 0.4) is 0 Å². The molecular formula is C18H17ClN2O5. The van der Waals surface area contributed by atoms with Crippen molar-refractivity contribution in [1.29, 1.82) is 0 Å². The average Bonchev–Trinajstić information content (AvgIpc) is 2.61. The van der Waals surface area contributed by atoms with Crippen LogP contribution in [-0.4, -0.2) is 23.4 Å². The van der Waals surface area contributed by atoms with Gasteiger partial charge < -0.3 is 10.1 Å². The number of nitro benzene ring substituents is 1. The first-order chi connectivity index (χ1) is 12.2. The van der Waals surface area contributed by atoms with Gasteiger partial charge >= 0.3 is 5.97 Å². The van der Waals surface area contributed by atoms with E-state index in [1.165, 1.54) is 12.1 Å². The number of esters is 1. The number of nitrogens with zero attached hydrogens (tertiary/aromatic N) is 1. The molecule has 7 nitrogen and oxygen atoms in total. The third kappa shape index (κ3) is 4.58. The summed E-state index contributed by atoms with van der Waals surface area (Å²) in [4.78, 5) is 34.4. The molecule has 0 saturated heterocycles. The van der Waals surface area contributed by atoms with Crippen LogP contribution in [0.5, 0.6) is 0 Å². The molecule has 0 aromatic heterocycles. The number of anilines is 1. The van der Waals surface area contributed by atoms with Gasteiger partial charge in [-0.05, 0) is 25.5 Å². The van der Waals surface area contributed by atoms with Gasteiger partial charge in [-0.25, -0.2) is 0 Å². The molecule has 136 valence electrons. The van der Waals surface area contributed by atoms with Gasteiger partial charge in [0.15, 0.2) is 6.61 Å². The van der Waals surface area contributed by atoms with E-state index in [0.29, 0.717) is 0 Å². The Balaban J connectivity index is 1.96. The first kappa shape index (κ1) is 19.4. The Morgan fingerprint density at radius 3 is 2.42 bits per heavy atom. The van der Waals surface area contributed by atoms with Crippen molar-refractivity contribution >= 4 is 34.9 Å². The van der Waals surface area contributed by atoms with Crippen molar-refractivity contribution in [3.05, 3.63) is 69.2 Å². The van der Waals surface area contributed by atoms with Crippen molar-refractivity contribution in [2.24, 2.45) is 0 Å². The van der Waals surface area contributed by atoms with Crippen molar-refractivity contribution in [3.8, 4) is 0 Å². The van der Waals surface area contributed by atoms with E-state index in [4.69, 9.17) is 16.3 Å². The smallest absolute Gasteiger partial charge is 0.316 e. The topological polar surface area (TPSA) is 98.5 Å². The zero-order valence-corrected chi connectivity index (χ0v) is 14.9. The van der Waals surface area contributed by atoms with Crippen LogP contribution in [0.4, 0.5) is 11.4 Å². The molecule has 1 N–H and O–H groups in total. The summed E-state index contributed by atoms with van der Waals surface area (Å²) in [5, 5.41) is 13.1. The van der Waals surface area contributed by atoms with E-state index in [2.05, 4.69) is 5.32 Å². The van der Waals surface area contributed by atoms with Gasteiger partial charge in [-0.3, -0.25) is 19.7 Å². The van der Waals surface area contributed by atoms with Crippen LogP contribution in [0, 0.1) is 10.1 Å². The van der Waals surface area contributed by atoms with E-state index < -0.39 is 28.8 Å². The number of amides is 1. The third-order valence-corrected chi connectivity index (χ3v) is 4.09. The molecule has 1 amide bonds. The van der Waals surface area contributed by atoms with E-state index in [1.54, 1.807) is 26.0 Å². The molecule has 0 atom stereocenters. The molecule has 0 aliphatic carbocycles. The predicted molar refractivity (Wildman–Crippen MR) is 97.2 cm³/mol. The van der Waals surface area contributed by atoms with E-state index >= 15 is 0 Å². The van der Waals surface area contributed by atoms with Gasteiger partial charge in [0.1, 0.15) is 0 Å². The molecule has 0 fully saturated rings. The highest BCUT2D eigenvalue weighted by Crippen LogP contribution is 2.27. The van der Waals surface area contributed by atoms with E-state index in [1.807, 2.05) is 18.2 Å². The minimum atomic E-state index is -0.910. The molecule has 0 heterocycles. The van der Waals surface area contributed by atoms with Gasteiger partial charge in [0.05, 0.1) is 21.0 Å². The molecule has 2 aromatic rings. The molecule has 0 bridgehead atoms. The van der Waals surface area contributed by atoms with Crippen LogP contribution in [0.1, 0.15) is 19.4 Å². The zero-order chi connectivity index (χ0) is 19.3. The van der Waals surface area contributed by atoms with Gasteiger partial charge in [0.25, 0.3) is 11.6 Å². The highest BCUT2D eigenvalue weighted by molar-refractivity contribution is 6.34. The van der Waals surface area contributed by atoms with Crippen LogP contribution in [0.2, 0.25) is 5.02 Å². The molecule has 0 aliphatic heterocycles. The minimum Gasteiger partial charge on any atom is -0.455 e. The highest BCUT2D eigenvalue weighted by Gasteiger charge is 2.31. The SMILES string of the molecule is CC(C)(C(=O)OCC(=O)Nc1ccc([N+](=O)[O-])cc1Cl)c1ccccc1. The van der Waals surface area contributed by atoms with Gasteiger partial charge in [-0.15, -0.1) is 0 Å². The van der Waals surface area contributed by atoms with Crippen molar-refractivity contribution in [2.45, 2.75) is 19.3 Å². The average molecular weight is 377 g/mol. The summed E-state index contributed by atoms with van der Waals surface area (Å²) in [6.45, 7) is 2.91. The molecule has 0 saturated carbocycles. The fourth-order valence-corrected chi connectivity index (χ4v) is 2.41. The summed E-state index contributed by atoms with van der Waals surface area (Å²) in [6, 6.07) is 12.7. The van der Waals surface area contributed by atoms with Crippen LogP contribution in [-0.2, 0) is 19.7 Å². The number of hydrogen-bond acceptors (Lipinski definition) is 5. The van der Waals surface area contributed by atoms with Crippen LogP contribution in [0.15, 0.2) is 48.5 Å². The number of benzene rings is 2. The van der Waals surface area contributed by atoms with Crippen LogP contribution < -0.4 is 5.32 Å². The Labute approximate surface area is 155 Å². The number of hydrogen-bond donors (Lipinski definition) is 1. The van der Waals surface area contributed by atoms with E-state index in [9.17, 15) is 19.7 Å². The fourth-order valence-electron chi connectivity index (χ4n) is 2.19. The standard InChI is InChI=1S/C18H17ClN2O5/c1-18(2,12-6-4-3-5-7-12)17(23)26-11-16(22)20-15-9-8-13(21(24)25)10-14(15)19/h3-10H,11H2,1-2H3,(H,20,22). The Morgan fingerprint density at radius 1 is 1.19 bits per heavy atom. The maximum absolute atomic E-state index is 12.3. The molecule has 0 unspecified atom stereocenters. The van der Waals surface area contributed by atoms with Crippen molar-refractivity contribution in [1.82, 2.24) is 0 Å². The van der Waals surface area contributed by atoms with Gasteiger partial charge in [-0.1, -0.05) is 41.9 Å². The lowest BCUT2D eigenvalue weighted by molar-refractivity contribution is -0.384. The number of non-ortho nitro benzene ring substituents is 1. The number of carbonyl (C=O) groups is 2. The van der Waals surface area contributed by atoms with Crippen molar-refractivity contribution in [2.75, 3.05) is 11.9 Å². The van der Waals surface area contributed by atoms with Crippen LogP contribution >= 0.6 is 11.6 Å². The summed E-state index contributed by atoms with van der Waals surface area (Å²) < 4.78 is 5.09. The lowest BCUT2D eigenvalue weighted by Crippen LogP contribution is -2.33. The lowest BCUT2D eigenvalue weighted by Gasteiger charge is -2.22. The first-order valence-corrected chi connectivity index (χ1v) is 8.06. The fraction of sp³-hybridized carbons (Fsp3) is 0.222. The summed E-state index contributed by atoms with van der Waals surface area (Å²) in [5.41, 5.74) is -0.138. The monoisotopic (exact) mass is 376 g/mol. The van der Waals surface area contributed by atoms with Gasteiger partial charge in [0.2, 0.25) is 0 Å². The number of rotatable bonds is 6. The maximum atomic E-state index is 12.3. The predicted octanol–water partition coefficient (Wildman–Crippen LogP) is 3.71. The number of nitrogens with one attached hydrogen (secondary N) is 1. The number of ether oxygens (including phenoxy) is 1. The quantitative estimate of drug-likeness (QED) is 0.470. The summed E-state index contributed by atoms with van der Waals surface area (Å²) in [7, 11) is 0.